The van der Waals surface area contributed by atoms with Crippen molar-refractivity contribution in [3.8, 4) is 0 Å². The van der Waals surface area contributed by atoms with Crippen LogP contribution in [0.15, 0.2) is 48.5 Å². The van der Waals surface area contributed by atoms with E-state index in [1.807, 2.05) is 19.1 Å². The van der Waals surface area contributed by atoms with Crippen molar-refractivity contribution < 1.29 is 14.4 Å². The van der Waals surface area contributed by atoms with Crippen LogP contribution in [0.3, 0.4) is 0 Å². The molecule has 0 atom stereocenters. The van der Waals surface area contributed by atoms with Crippen LogP contribution in [0.4, 0.5) is 11.4 Å². The summed E-state index contributed by atoms with van der Waals surface area (Å²) < 4.78 is 0. The van der Waals surface area contributed by atoms with Crippen molar-refractivity contribution in [3.63, 3.8) is 0 Å². The number of benzene rings is 2. The minimum atomic E-state index is -0.226. The lowest BCUT2D eigenvalue weighted by Crippen LogP contribution is -2.15. The van der Waals surface area contributed by atoms with Gasteiger partial charge in [0, 0.05) is 35.7 Å². The van der Waals surface area contributed by atoms with Gasteiger partial charge in [0.05, 0.1) is 0 Å². The Morgan fingerprint density at radius 2 is 1.58 bits per heavy atom. The molecule has 2 aromatic rings. The van der Waals surface area contributed by atoms with Gasteiger partial charge in [0.2, 0.25) is 11.8 Å². The van der Waals surface area contributed by atoms with Gasteiger partial charge in [-0.2, -0.15) is 0 Å². The predicted octanol–water partition coefficient (Wildman–Crippen LogP) is 3.95. The molecular weight excluding hydrogens is 328 g/mol. The second-order valence-corrected chi connectivity index (χ2v) is 6.68. The standard InChI is InChI=1S/C21H22N2O3/c1-14-5-7-15(8-6-14)19(24)11-12-20(25)22-17-3-2-4-18(13-17)23-21(26)16-9-10-16/h2-8,13,16H,9-12H2,1H3,(H,22,25)(H,23,26). The molecule has 3 rings (SSSR count). The van der Waals surface area contributed by atoms with Crippen molar-refractivity contribution in [2.45, 2.75) is 32.6 Å². The second-order valence-electron chi connectivity index (χ2n) is 6.68. The zero-order valence-corrected chi connectivity index (χ0v) is 14.7. The number of nitrogens with one attached hydrogen (secondary N) is 2. The number of carbonyl (C=O) groups excluding carboxylic acids is 3. The molecule has 0 saturated heterocycles. The third-order valence-corrected chi connectivity index (χ3v) is 4.31. The maximum absolute atomic E-state index is 12.1. The molecule has 1 fully saturated rings. The van der Waals surface area contributed by atoms with Crippen molar-refractivity contribution >= 4 is 29.0 Å². The van der Waals surface area contributed by atoms with Crippen molar-refractivity contribution in [1.82, 2.24) is 0 Å². The number of hydrogen-bond donors (Lipinski definition) is 2. The highest BCUT2D eigenvalue weighted by Crippen LogP contribution is 2.30. The van der Waals surface area contributed by atoms with Crippen LogP contribution in [-0.4, -0.2) is 17.6 Å². The van der Waals surface area contributed by atoms with Crippen molar-refractivity contribution in [2.75, 3.05) is 10.6 Å². The van der Waals surface area contributed by atoms with E-state index in [9.17, 15) is 14.4 Å². The van der Waals surface area contributed by atoms with Gasteiger partial charge in [-0.25, -0.2) is 0 Å². The third-order valence-electron chi connectivity index (χ3n) is 4.31. The highest BCUT2D eigenvalue weighted by Gasteiger charge is 2.29. The number of hydrogen-bond acceptors (Lipinski definition) is 3. The van der Waals surface area contributed by atoms with Crippen molar-refractivity contribution in [3.05, 3.63) is 59.7 Å². The van der Waals surface area contributed by atoms with E-state index < -0.39 is 0 Å². The van der Waals surface area contributed by atoms with E-state index in [4.69, 9.17) is 0 Å². The first-order valence-corrected chi connectivity index (χ1v) is 8.82. The summed E-state index contributed by atoms with van der Waals surface area (Å²) >= 11 is 0. The topological polar surface area (TPSA) is 75.3 Å². The van der Waals surface area contributed by atoms with Gasteiger partial charge >= 0.3 is 0 Å². The van der Waals surface area contributed by atoms with Gasteiger partial charge < -0.3 is 10.6 Å². The molecule has 1 aliphatic rings. The van der Waals surface area contributed by atoms with Crippen LogP contribution >= 0.6 is 0 Å². The van der Waals surface area contributed by atoms with E-state index in [1.165, 1.54) is 0 Å². The van der Waals surface area contributed by atoms with Crippen molar-refractivity contribution in [2.24, 2.45) is 5.92 Å². The molecule has 2 amide bonds. The van der Waals surface area contributed by atoms with Crippen LogP contribution in [0.1, 0.15) is 41.6 Å². The minimum Gasteiger partial charge on any atom is -0.326 e. The predicted molar refractivity (Wildman–Crippen MR) is 101 cm³/mol. The fraction of sp³-hybridized carbons (Fsp3) is 0.286. The number of Topliss-reactive ketones (excluding diaryl/α,β-unsaturated/α-hetero) is 1. The first-order chi connectivity index (χ1) is 12.5. The fourth-order valence-electron chi connectivity index (χ4n) is 2.60. The van der Waals surface area contributed by atoms with Gasteiger partial charge in [0.25, 0.3) is 0 Å². The molecule has 0 bridgehead atoms. The molecule has 5 nitrogen and oxygen atoms in total. The average Bonchev–Trinajstić information content (AvgIpc) is 3.46. The summed E-state index contributed by atoms with van der Waals surface area (Å²) in [7, 11) is 0. The first-order valence-electron chi connectivity index (χ1n) is 8.82. The van der Waals surface area contributed by atoms with Gasteiger partial charge in [0.1, 0.15) is 0 Å². The summed E-state index contributed by atoms with van der Waals surface area (Å²) in [5, 5.41) is 5.62. The van der Waals surface area contributed by atoms with Crippen LogP contribution in [0.25, 0.3) is 0 Å². The summed E-state index contributed by atoms with van der Waals surface area (Å²) in [4.78, 5) is 36.0. The van der Waals surface area contributed by atoms with Gasteiger partial charge in [-0.1, -0.05) is 35.9 Å². The first kappa shape index (κ1) is 17.9. The molecule has 0 unspecified atom stereocenters. The molecule has 0 heterocycles. The maximum Gasteiger partial charge on any atom is 0.227 e. The second kappa shape index (κ2) is 7.95. The third kappa shape index (κ3) is 5.02. The summed E-state index contributed by atoms with van der Waals surface area (Å²) in [6, 6.07) is 14.4. The van der Waals surface area contributed by atoms with E-state index in [-0.39, 0.29) is 36.4 Å². The van der Waals surface area contributed by atoms with Crippen LogP contribution < -0.4 is 10.6 Å². The normalized spacial score (nSPS) is 13.1. The Balaban J connectivity index is 1.50. The Hall–Kier alpha value is -2.95. The van der Waals surface area contributed by atoms with E-state index in [2.05, 4.69) is 10.6 Å². The zero-order valence-electron chi connectivity index (χ0n) is 14.7. The Bertz CT molecular complexity index is 823. The summed E-state index contributed by atoms with van der Waals surface area (Å²) in [6.07, 6.45) is 2.16. The maximum atomic E-state index is 12.1. The lowest BCUT2D eigenvalue weighted by atomic mass is 10.0. The van der Waals surface area contributed by atoms with E-state index in [1.54, 1.807) is 36.4 Å². The molecule has 2 N–H and O–H groups in total. The highest BCUT2D eigenvalue weighted by atomic mass is 16.2. The number of ketones is 1. The molecule has 0 aliphatic heterocycles. The van der Waals surface area contributed by atoms with E-state index in [0.717, 1.165) is 18.4 Å². The molecule has 0 aromatic heterocycles. The van der Waals surface area contributed by atoms with Crippen LogP contribution in [0.2, 0.25) is 0 Å². The monoisotopic (exact) mass is 350 g/mol. The van der Waals surface area contributed by atoms with Gasteiger partial charge in [0.15, 0.2) is 5.78 Å². The smallest absolute Gasteiger partial charge is 0.227 e. The van der Waals surface area contributed by atoms with Crippen LogP contribution in [0, 0.1) is 12.8 Å². The fourth-order valence-corrected chi connectivity index (χ4v) is 2.60. The number of rotatable bonds is 7. The Morgan fingerprint density at radius 3 is 2.23 bits per heavy atom. The number of aryl methyl sites for hydroxylation is 1. The lowest BCUT2D eigenvalue weighted by molar-refractivity contribution is -0.117. The van der Waals surface area contributed by atoms with Crippen LogP contribution in [0.5, 0.6) is 0 Å². The molecule has 134 valence electrons. The quantitative estimate of drug-likeness (QED) is 0.743. The van der Waals surface area contributed by atoms with Gasteiger partial charge in [-0.05, 0) is 38.0 Å². The SMILES string of the molecule is Cc1ccc(C(=O)CCC(=O)Nc2cccc(NC(=O)C3CC3)c2)cc1. The summed E-state index contributed by atoms with van der Waals surface area (Å²) in [5.74, 6) is -0.125. The largest absolute Gasteiger partial charge is 0.326 e. The Morgan fingerprint density at radius 1 is 0.923 bits per heavy atom. The molecular formula is C21H22N2O3. The molecule has 0 spiro atoms. The molecule has 5 heteroatoms. The zero-order chi connectivity index (χ0) is 18.5. The minimum absolute atomic E-state index is 0.0252. The Labute approximate surface area is 152 Å². The highest BCUT2D eigenvalue weighted by molar-refractivity contribution is 6.00. The number of anilines is 2. The molecule has 0 radical (unpaired) electrons. The van der Waals surface area contributed by atoms with Crippen LogP contribution in [-0.2, 0) is 9.59 Å². The average molecular weight is 350 g/mol. The molecule has 2 aromatic carbocycles. The summed E-state index contributed by atoms with van der Waals surface area (Å²) in [5.41, 5.74) is 2.97. The van der Waals surface area contributed by atoms with Gasteiger partial charge in [-0.15, -0.1) is 0 Å². The lowest BCUT2D eigenvalue weighted by Gasteiger charge is -2.08. The van der Waals surface area contributed by atoms with E-state index >= 15 is 0 Å². The Kier molecular flexibility index (Phi) is 5.46. The number of carbonyl (C=O) groups is 3. The van der Waals surface area contributed by atoms with Gasteiger partial charge in [-0.3, -0.25) is 14.4 Å². The molecule has 1 saturated carbocycles. The summed E-state index contributed by atoms with van der Waals surface area (Å²) in [6.45, 7) is 1.96. The van der Waals surface area contributed by atoms with Crippen molar-refractivity contribution in [1.29, 1.82) is 0 Å². The van der Waals surface area contributed by atoms with E-state index in [0.29, 0.717) is 16.9 Å². The molecule has 26 heavy (non-hydrogen) atoms. The number of amides is 2. The molecule has 1 aliphatic carbocycles.